The second-order valence-electron chi connectivity index (χ2n) is 2.38. The van der Waals surface area contributed by atoms with Gasteiger partial charge < -0.3 is 0 Å². The molecule has 0 aliphatic rings. The van der Waals surface area contributed by atoms with Crippen molar-refractivity contribution >= 4 is 27.3 Å². The molecular formula is C7H6BrN3S. The molecule has 3 nitrogen and oxygen atoms in total. The third kappa shape index (κ3) is 1.42. The normalized spacial score (nSPS) is 10.5. The molecule has 0 atom stereocenters. The molecule has 5 heteroatoms. The Labute approximate surface area is 82.0 Å². The van der Waals surface area contributed by atoms with Gasteiger partial charge in [-0.1, -0.05) is 0 Å². The minimum absolute atomic E-state index is 0.759. The van der Waals surface area contributed by atoms with Gasteiger partial charge in [0.25, 0.3) is 0 Å². The first-order valence-corrected chi connectivity index (χ1v) is 5.06. The van der Waals surface area contributed by atoms with Crippen LogP contribution in [0.4, 0.5) is 0 Å². The molecule has 2 heterocycles. The Balaban J connectivity index is 2.43. The quantitative estimate of drug-likeness (QED) is 0.837. The Morgan fingerprint density at radius 1 is 1.58 bits per heavy atom. The molecule has 0 aliphatic heterocycles. The van der Waals surface area contributed by atoms with Crippen LogP contribution in [0.25, 0.3) is 11.4 Å². The van der Waals surface area contributed by atoms with E-state index in [2.05, 4.69) is 31.1 Å². The van der Waals surface area contributed by atoms with Crippen LogP contribution >= 0.6 is 27.3 Å². The first-order chi connectivity index (χ1) is 5.75. The van der Waals surface area contributed by atoms with E-state index in [4.69, 9.17) is 0 Å². The highest BCUT2D eigenvalue weighted by Gasteiger charge is 2.04. The van der Waals surface area contributed by atoms with E-state index in [0.717, 1.165) is 21.0 Å². The van der Waals surface area contributed by atoms with Crippen molar-refractivity contribution in [2.45, 2.75) is 6.92 Å². The van der Waals surface area contributed by atoms with Gasteiger partial charge in [-0.2, -0.15) is 5.10 Å². The number of thiophene rings is 1. The summed E-state index contributed by atoms with van der Waals surface area (Å²) < 4.78 is 1.10. The van der Waals surface area contributed by atoms with Crippen LogP contribution in [-0.4, -0.2) is 15.2 Å². The van der Waals surface area contributed by atoms with Gasteiger partial charge in [-0.25, -0.2) is 4.98 Å². The zero-order valence-corrected chi connectivity index (χ0v) is 8.74. The molecule has 0 spiro atoms. The molecule has 12 heavy (non-hydrogen) atoms. The largest absolute Gasteiger partial charge is 0.263 e. The van der Waals surface area contributed by atoms with Gasteiger partial charge in [-0.15, -0.1) is 11.3 Å². The summed E-state index contributed by atoms with van der Waals surface area (Å²) in [5, 5.41) is 8.87. The summed E-state index contributed by atoms with van der Waals surface area (Å²) in [7, 11) is 0. The third-order valence-electron chi connectivity index (χ3n) is 1.42. The molecular weight excluding hydrogens is 238 g/mol. The van der Waals surface area contributed by atoms with E-state index in [1.165, 1.54) is 0 Å². The molecule has 2 aromatic heterocycles. The molecule has 0 unspecified atom stereocenters. The van der Waals surface area contributed by atoms with E-state index < -0.39 is 0 Å². The topological polar surface area (TPSA) is 41.6 Å². The molecule has 0 saturated heterocycles. The summed E-state index contributed by atoms with van der Waals surface area (Å²) in [5.74, 6) is 1.60. The smallest absolute Gasteiger partial charge is 0.181 e. The number of rotatable bonds is 1. The second kappa shape index (κ2) is 2.99. The van der Waals surface area contributed by atoms with Gasteiger partial charge >= 0.3 is 0 Å². The number of halogens is 1. The van der Waals surface area contributed by atoms with E-state index in [-0.39, 0.29) is 0 Å². The molecule has 0 fully saturated rings. The molecule has 2 rings (SSSR count). The minimum atomic E-state index is 0.759. The van der Waals surface area contributed by atoms with E-state index in [1.807, 2.05) is 18.4 Å². The average Bonchev–Trinajstić information content (AvgIpc) is 2.58. The Morgan fingerprint density at radius 3 is 2.92 bits per heavy atom. The summed E-state index contributed by atoms with van der Waals surface area (Å²) in [6, 6.07) is 2.01. The minimum Gasteiger partial charge on any atom is -0.263 e. The van der Waals surface area contributed by atoms with Crippen LogP contribution in [0, 0.1) is 6.92 Å². The van der Waals surface area contributed by atoms with Gasteiger partial charge in [0.1, 0.15) is 5.82 Å². The lowest BCUT2D eigenvalue weighted by Crippen LogP contribution is -1.75. The molecule has 62 valence electrons. The molecule has 0 aliphatic carbocycles. The van der Waals surface area contributed by atoms with Crippen LogP contribution in [0.15, 0.2) is 15.2 Å². The van der Waals surface area contributed by atoms with Crippen molar-refractivity contribution in [3.8, 4) is 11.4 Å². The molecule has 0 aromatic carbocycles. The van der Waals surface area contributed by atoms with Gasteiger partial charge in [0, 0.05) is 10.9 Å². The first kappa shape index (κ1) is 7.94. The molecule has 2 aromatic rings. The average molecular weight is 244 g/mol. The highest BCUT2D eigenvalue weighted by atomic mass is 79.9. The van der Waals surface area contributed by atoms with Crippen LogP contribution in [0.3, 0.4) is 0 Å². The van der Waals surface area contributed by atoms with Crippen molar-refractivity contribution in [3.63, 3.8) is 0 Å². The Hall–Kier alpha value is -0.680. The van der Waals surface area contributed by atoms with Crippen molar-refractivity contribution in [1.82, 2.24) is 15.2 Å². The number of aryl methyl sites for hydroxylation is 1. The van der Waals surface area contributed by atoms with Crippen LogP contribution in [0.2, 0.25) is 0 Å². The number of nitrogens with one attached hydrogen (secondary N) is 1. The lowest BCUT2D eigenvalue weighted by molar-refractivity contribution is 1.04. The summed E-state index contributed by atoms with van der Waals surface area (Å²) in [4.78, 5) is 4.21. The van der Waals surface area contributed by atoms with Crippen molar-refractivity contribution in [2.24, 2.45) is 0 Å². The highest BCUT2D eigenvalue weighted by Crippen LogP contribution is 2.26. The Morgan fingerprint density at radius 2 is 2.42 bits per heavy atom. The lowest BCUT2D eigenvalue weighted by Gasteiger charge is -1.83. The molecule has 0 amide bonds. The summed E-state index contributed by atoms with van der Waals surface area (Å²) >= 11 is 5.02. The Bertz CT molecular complexity index is 355. The van der Waals surface area contributed by atoms with Crippen molar-refractivity contribution in [1.29, 1.82) is 0 Å². The molecule has 1 N–H and O–H groups in total. The number of aromatic nitrogens is 3. The van der Waals surface area contributed by atoms with Gasteiger partial charge in [0.05, 0.1) is 3.79 Å². The van der Waals surface area contributed by atoms with Crippen LogP contribution < -0.4 is 0 Å². The molecule has 0 bridgehead atoms. The monoisotopic (exact) mass is 243 g/mol. The Kier molecular flexibility index (Phi) is 1.98. The maximum Gasteiger partial charge on any atom is 0.181 e. The standard InChI is InChI=1S/C7H6BrN3S/c1-4-9-7(11-10-4)5-2-6(8)12-3-5/h2-3H,1H3,(H,9,10,11). The van der Waals surface area contributed by atoms with Crippen LogP contribution in [0.5, 0.6) is 0 Å². The van der Waals surface area contributed by atoms with Gasteiger partial charge in [0.2, 0.25) is 0 Å². The predicted octanol–water partition coefficient (Wildman–Crippen LogP) is 2.60. The van der Waals surface area contributed by atoms with Crippen molar-refractivity contribution in [3.05, 3.63) is 21.1 Å². The number of nitrogens with zero attached hydrogens (tertiary/aromatic N) is 2. The van der Waals surface area contributed by atoms with Crippen molar-refractivity contribution in [2.75, 3.05) is 0 Å². The van der Waals surface area contributed by atoms with E-state index in [1.54, 1.807) is 11.3 Å². The van der Waals surface area contributed by atoms with Crippen LogP contribution in [0.1, 0.15) is 5.82 Å². The number of hydrogen-bond donors (Lipinski definition) is 1. The maximum atomic E-state index is 4.21. The fourth-order valence-electron chi connectivity index (χ4n) is 0.899. The maximum absolute atomic E-state index is 4.21. The third-order valence-corrected chi connectivity index (χ3v) is 2.93. The molecule has 0 radical (unpaired) electrons. The summed E-state index contributed by atoms with van der Waals surface area (Å²) in [6.45, 7) is 1.89. The zero-order chi connectivity index (χ0) is 8.55. The zero-order valence-electron chi connectivity index (χ0n) is 6.34. The summed E-state index contributed by atoms with van der Waals surface area (Å²) in [5.41, 5.74) is 1.05. The number of H-pyrrole nitrogens is 1. The fraction of sp³-hybridized carbons (Fsp3) is 0.143. The lowest BCUT2D eigenvalue weighted by atomic mass is 10.3. The number of hydrogen-bond acceptors (Lipinski definition) is 3. The van der Waals surface area contributed by atoms with Gasteiger partial charge in [-0.05, 0) is 28.9 Å². The van der Waals surface area contributed by atoms with Crippen LogP contribution in [-0.2, 0) is 0 Å². The number of aromatic amines is 1. The first-order valence-electron chi connectivity index (χ1n) is 3.39. The fourth-order valence-corrected chi connectivity index (χ4v) is 2.03. The van der Waals surface area contributed by atoms with Gasteiger partial charge in [0.15, 0.2) is 5.82 Å². The predicted molar refractivity (Wildman–Crippen MR) is 52.1 cm³/mol. The highest BCUT2D eigenvalue weighted by molar-refractivity contribution is 9.11. The molecule has 0 saturated carbocycles. The van der Waals surface area contributed by atoms with E-state index >= 15 is 0 Å². The van der Waals surface area contributed by atoms with E-state index in [0.29, 0.717) is 0 Å². The summed E-state index contributed by atoms with van der Waals surface area (Å²) in [6.07, 6.45) is 0. The van der Waals surface area contributed by atoms with E-state index in [9.17, 15) is 0 Å². The second-order valence-corrected chi connectivity index (χ2v) is 4.67. The van der Waals surface area contributed by atoms with Crippen molar-refractivity contribution < 1.29 is 0 Å². The van der Waals surface area contributed by atoms with Gasteiger partial charge in [-0.3, -0.25) is 5.10 Å². The SMILES string of the molecule is Cc1nc(-c2csc(Br)c2)n[nH]1.